The van der Waals surface area contributed by atoms with Crippen molar-refractivity contribution in [3.63, 3.8) is 0 Å². The van der Waals surface area contributed by atoms with Crippen molar-refractivity contribution in [3.05, 3.63) is 59.0 Å². The number of nitrogens with one attached hydrogen (secondary N) is 2. The number of hydrogen-bond donors (Lipinski definition) is 2. The number of methoxy groups -OCH3 is 1. The van der Waals surface area contributed by atoms with Crippen LogP contribution in [0.15, 0.2) is 54.0 Å². The van der Waals surface area contributed by atoms with E-state index in [1.807, 2.05) is 35.7 Å². The third kappa shape index (κ3) is 4.08. The molecule has 0 saturated heterocycles. The second-order valence-corrected chi connectivity index (χ2v) is 5.82. The molecule has 0 radical (unpaired) electrons. The minimum atomic E-state index is -0.313. The average Bonchev–Trinajstić information content (AvgIpc) is 3.10. The van der Waals surface area contributed by atoms with Gasteiger partial charge in [-0.25, -0.2) is 14.8 Å². The summed E-state index contributed by atoms with van der Waals surface area (Å²) >= 11 is 1.50. The number of aromatic nitrogens is 2. The Morgan fingerprint density at radius 1 is 1.25 bits per heavy atom. The molecule has 3 aromatic rings. The number of hydrogen-bond acceptors (Lipinski definition) is 5. The molecule has 2 heterocycles. The van der Waals surface area contributed by atoms with Crippen LogP contribution < -0.4 is 15.4 Å². The van der Waals surface area contributed by atoms with Crippen molar-refractivity contribution in [3.8, 4) is 17.0 Å². The second kappa shape index (κ2) is 7.56. The molecule has 0 atom stereocenters. The van der Waals surface area contributed by atoms with Crippen molar-refractivity contribution >= 4 is 23.2 Å². The van der Waals surface area contributed by atoms with Crippen molar-refractivity contribution in [2.45, 2.75) is 6.54 Å². The van der Waals surface area contributed by atoms with Gasteiger partial charge in [0.25, 0.3) is 0 Å². The smallest absolute Gasteiger partial charge is 0.320 e. The fraction of sp³-hybridized carbons (Fsp3) is 0.118. The number of anilines is 1. The van der Waals surface area contributed by atoms with E-state index >= 15 is 0 Å². The number of urea groups is 1. The average molecular weight is 340 g/mol. The standard InChI is InChI=1S/C17H16N4O2S/c1-23-13-6-4-5-12(9-13)14-11-24-16(20-14)10-19-17(22)21-15-7-2-3-8-18-15/h2-9,11H,10H2,1H3,(H2,18,19,21,22). The summed E-state index contributed by atoms with van der Waals surface area (Å²) in [4.78, 5) is 20.4. The summed E-state index contributed by atoms with van der Waals surface area (Å²) in [6, 6.07) is 12.7. The van der Waals surface area contributed by atoms with Gasteiger partial charge in [-0.1, -0.05) is 18.2 Å². The van der Waals surface area contributed by atoms with Gasteiger partial charge in [0.1, 0.15) is 16.6 Å². The molecule has 2 aromatic heterocycles. The van der Waals surface area contributed by atoms with Gasteiger partial charge in [-0.15, -0.1) is 11.3 Å². The van der Waals surface area contributed by atoms with E-state index < -0.39 is 0 Å². The maximum Gasteiger partial charge on any atom is 0.320 e. The minimum Gasteiger partial charge on any atom is -0.497 e. The Morgan fingerprint density at radius 2 is 2.17 bits per heavy atom. The fourth-order valence-corrected chi connectivity index (χ4v) is 2.80. The summed E-state index contributed by atoms with van der Waals surface area (Å²) in [5, 5.41) is 8.22. The van der Waals surface area contributed by atoms with Crippen molar-refractivity contribution in [2.24, 2.45) is 0 Å². The monoisotopic (exact) mass is 340 g/mol. The molecule has 0 spiro atoms. The summed E-state index contributed by atoms with van der Waals surface area (Å²) in [5.74, 6) is 1.29. The van der Waals surface area contributed by atoms with Crippen LogP contribution in [-0.4, -0.2) is 23.1 Å². The van der Waals surface area contributed by atoms with Gasteiger partial charge in [-0.3, -0.25) is 5.32 Å². The van der Waals surface area contributed by atoms with Crippen molar-refractivity contribution in [2.75, 3.05) is 12.4 Å². The molecule has 2 N–H and O–H groups in total. The lowest BCUT2D eigenvalue weighted by atomic mass is 10.2. The molecule has 2 amide bonds. The Hall–Kier alpha value is -2.93. The summed E-state index contributed by atoms with van der Waals surface area (Å²) in [6.45, 7) is 0.354. The molecule has 0 bridgehead atoms. The third-order valence-electron chi connectivity index (χ3n) is 3.22. The highest BCUT2D eigenvalue weighted by Gasteiger charge is 2.07. The number of rotatable bonds is 5. The van der Waals surface area contributed by atoms with E-state index in [0.717, 1.165) is 22.0 Å². The molecule has 0 aliphatic heterocycles. The number of carbonyl (C=O) groups excluding carboxylic acids is 1. The van der Waals surface area contributed by atoms with Crippen molar-refractivity contribution < 1.29 is 9.53 Å². The summed E-state index contributed by atoms with van der Waals surface area (Å²) < 4.78 is 5.22. The molecule has 0 aliphatic rings. The van der Waals surface area contributed by atoms with E-state index in [-0.39, 0.29) is 6.03 Å². The SMILES string of the molecule is COc1cccc(-c2csc(CNC(=O)Nc3ccccn3)n2)c1. The van der Waals surface area contributed by atoms with Gasteiger partial charge in [0.15, 0.2) is 0 Å². The summed E-state index contributed by atoms with van der Waals surface area (Å²) in [6.07, 6.45) is 1.62. The molecule has 6 nitrogen and oxygen atoms in total. The third-order valence-corrected chi connectivity index (χ3v) is 4.07. The van der Waals surface area contributed by atoms with E-state index in [0.29, 0.717) is 12.4 Å². The minimum absolute atomic E-state index is 0.313. The molecule has 122 valence electrons. The largest absolute Gasteiger partial charge is 0.497 e. The molecule has 1 aromatic carbocycles. The lowest BCUT2D eigenvalue weighted by Gasteiger charge is -2.05. The molecule has 0 saturated carbocycles. The van der Waals surface area contributed by atoms with E-state index in [1.54, 1.807) is 25.4 Å². The number of nitrogens with zero attached hydrogens (tertiary/aromatic N) is 2. The highest BCUT2D eigenvalue weighted by Crippen LogP contribution is 2.25. The zero-order valence-corrected chi connectivity index (χ0v) is 13.8. The molecular formula is C17H16N4O2S. The Balaban J connectivity index is 1.59. The van der Waals surface area contributed by atoms with E-state index in [1.165, 1.54) is 11.3 Å². The predicted molar refractivity (Wildman–Crippen MR) is 94.2 cm³/mol. The van der Waals surface area contributed by atoms with E-state index in [4.69, 9.17) is 4.74 Å². The van der Waals surface area contributed by atoms with Crippen LogP contribution >= 0.6 is 11.3 Å². The molecule has 0 aliphatic carbocycles. The van der Waals surface area contributed by atoms with Crippen molar-refractivity contribution in [1.82, 2.24) is 15.3 Å². The molecule has 0 unspecified atom stereocenters. The van der Waals surface area contributed by atoms with Crippen LogP contribution in [0, 0.1) is 0 Å². The van der Waals surface area contributed by atoms with Gasteiger partial charge in [0, 0.05) is 17.1 Å². The zero-order chi connectivity index (χ0) is 16.8. The summed E-state index contributed by atoms with van der Waals surface area (Å²) in [5.41, 5.74) is 1.84. The molecular weight excluding hydrogens is 324 g/mol. The number of amides is 2. The molecule has 3 rings (SSSR count). The van der Waals surface area contributed by atoms with Crippen molar-refractivity contribution in [1.29, 1.82) is 0 Å². The molecule has 7 heteroatoms. The topological polar surface area (TPSA) is 76.1 Å². The summed E-state index contributed by atoms with van der Waals surface area (Å²) in [7, 11) is 1.63. The first-order valence-electron chi connectivity index (χ1n) is 7.29. The van der Waals surface area contributed by atoms with Crippen LogP contribution in [0.2, 0.25) is 0 Å². The van der Waals surface area contributed by atoms with Gasteiger partial charge in [0.2, 0.25) is 0 Å². The number of ether oxygens (including phenoxy) is 1. The lowest BCUT2D eigenvalue weighted by molar-refractivity contribution is 0.251. The number of benzene rings is 1. The highest BCUT2D eigenvalue weighted by molar-refractivity contribution is 7.09. The first-order chi connectivity index (χ1) is 11.7. The van der Waals surface area contributed by atoms with Gasteiger partial charge < -0.3 is 10.1 Å². The van der Waals surface area contributed by atoms with Crippen LogP contribution in [-0.2, 0) is 6.54 Å². The van der Waals surface area contributed by atoms with Gasteiger partial charge in [-0.2, -0.15) is 0 Å². The predicted octanol–water partition coefficient (Wildman–Crippen LogP) is 3.54. The van der Waals surface area contributed by atoms with Gasteiger partial charge in [-0.05, 0) is 24.3 Å². The Bertz CT molecular complexity index is 820. The van der Waals surface area contributed by atoms with Crippen LogP contribution in [0.25, 0.3) is 11.3 Å². The molecule has 0 fully saturated rings. The first kappa shape index (κ1) is 15.9. The lowest BCUT2D eigenvalue weighted by Crippen LogP contribution is -2.28. The van der Waals surface area contributed by atoms with E-state index in [9.17, 15) is 4.79 Å². The Morgan fingerprint density at radius 3 is 2.96 bits per heavy atom. The van der Waals surface area contributed by atoms with Crippen LogP contribution in [0.3, 0.4) is 0 Å². The van der Waals surface area contributed by atoms with Crippen LogP contribution in [0.4, 0.5) is 10.6 Å². The second-order valence-electron chi connectivity index (χ2n) is 4.88. The Labute approximate surface area is 143 Å². The quantitative estimate of drug-likeness (QED) is 0.745. The maximum absolute atomic E-state index is 11.8. The zero-order valence-electron chi connectivity index (χ0n) is 13.0. The van der Waals surface area contributed by atoms with E-state index in [2.05, 4.69) is 20.6 Å². The number of carbonyl (C=O) groups is 1. The first-order valence-corrected chi connectivity index (χ1v) is 8.17. The van der Waals surface area contributed by atoms with Crippen LogP contribution in [0.1, 0.15) is 5.01 Å². The maximum atomic E-state index is 11.8. The van der Waals surface area contributed by atoms with Gasteiger partial charge in [0.05, 0.1) is 19.3 Å². The fourth-order valence-electron chi connectivity index (χ4n) is 2.06. The van der Waals surface area contributed by atoms with Crippen LogP contribution in [0.5, 0.6) is 5.75 Å². The van der Waals surface area contributed by atoms with Gasteiger partial charge >= 0.3 is 6.03 Å². The normalized spacial score (nSPS) is 10.2. The Kier molecular flexibility index (Phi) is 5.02. The molecule has 24 heavy (non-hydrogen) atoms. The number of thiazole rings is 1. The highest BCUT2D eigenvalue weighted by atomic mass is 32.1. The number of pyridine rings is 1.